The van der Waals surface area contributed by atoms with E-state index in [0.717, 1.165) is 10.0 Å². The molecule has 0 aliphatic heterocycles. The Morgan fingerprint density at radius 2 is 1.61 bits per heavy atom. The van der Waals surface area contributed by atoms with Crippen molar-refractivity contribution in [2.45, 2.75) is 25.9 Å². The molecule has 0 aromatic heterocycles. The topological polar surface area (TPSA) is 59.3 Å². The number of carbonyl (C=O) groups is 1. The van der Waals surface area contributed by atoms with Gasteiger partial charge < -0.3 is 9.47 Å². The van der Waals surface area contributed by atoms with Gasteiger partial charge in [-0.25, -0.2) is 0 Å². The third-order valence-corrected chi connectivity index (χ3v) is 5.44. The van der Waals surface area contributed by atoms with Crippen LogP contribution < -0.4 is 4.74 Å². The van der Waals surface area contributed by atoms with Crippen LogP contribution >= 0.6 is 27.5 Å². The molecule has 0 radical (unpaired) electrons. The summed E-state index contributed by atoms with van der Waals surface area (Å²) in [6.07, 6.45) is -1.05. The van der Waals surface area contributed by atoms with Gasteiger partial charge in [0.25, 0.3) is 0 Å². The molecule has 31 heavy (non-hydrogen) atoms. The molecule has 6 heteroatoms. The van der Waals surface area contributed by atoms with Crippen molar-refractivity contribution in [1.82, 2.24) is 0 Å². The molecule has 158 valence electrons. The zero-order valence-electron chi connectivity index (χ0n) is 17.1. The van der Waals surface area contributed by atoms with Gasteiger partial charge in [0.15, 0.2) is 0 Å². The van der Waals surface area contributed by atoms with Crippen molar-refractivity contribution in [3.05, 3.63) is 93.4 Å². The van der Waals surface area contributed by atoms with Crippen molar-refractivity contribution in [3.63, 3.8) is 0 Å². The highest BCUT2D eigenvalue weighted by Gasteiger charge is 2.29. The second-order valence-electron chi connectivity index (χ2n) is 7.35. The summed E-state index contributed by atoms with van der Waals surface area (Å²) in [5.41, 5.74) is 1.34. The number of hydrogen-bond acceptors (Lipinski definition) is 4. The molecule has 0 amide bonds. The quantitative estimate of drug-likeness (QED) is 0.318. The predicted molar refractivity (Wildman–Crippen MR) is 124 cm³/mol. The molecule has 3 rings (SSSR count). The van der Waals surface area contributed by atoms with Crippen molar-refractivity contribution >= 4 is 33.5 Å². The number of hydrogen-bond donors (Lipinski definition) is 0. The van der Waals surface area contributed by atoms with Crippen molar-refractivity contribution in [2.75, 3.05) is 0 Å². The van der Waals surface area contributed by atoms with E-state index < -0.39 is 18.0 Å². The van der Waals surface area contributed by atoms with Crippen LogP contribution in [0, 0.1) is 17.2 Å². The monoisotopic (exact) mass is 497 g/mol. The second-order valence-corrected chi connectivity index (χ2v) is 8.70. The van der Waals surface area contributed by atoms with Crippen molar-refractivity contribution < 1.29 is 14.3 Å². The molecular formula is C25H21BrClNO3. The van der Waals surface area contributed by atoms with E-state index in [9.17, 15) is 10.1 Å². The Morgan fingerprint density at radius 1 is 0.968 bits per heavy atom. The molecule has 2 atom stereocenters. The lowest BCUT2D eigenvalue weighted by Crippen LogP contribution is -2.22. The van der Waals surface area contributed by atoms with Gasteiger partial charge in [0.05, 0.1) is 5.92 Å². The number of esters is 1. The fraction of sp³-hybridized carbons (Fsp3) is 0.200. The minimum absolute atomic E-state index is 0.0146. The van der Waals surface area contributed by atoms with Gasteiger partial charge in [0.2, 0.25) is 6.10 Å². The minimum Gasteiger partial charge on any atom is -0.457 e. The Bertz CT molecular complexity index is 1090. The van der Waals surface area contributed by atoms with Gasteiger partial charge in [-0.15, -0.1) is 0 Å². The first-order valence-corrected chi connectivity index (χ1v) is 10.9. The average molecular weight is 499 g/mol. The molecule has 0 aliphatic carbocycles. The van der Waals surface area contributed by atoms with Crippen LogP contribution in [0.4, 0.5) is 0 Å². The molecule has 0 fully saturated rings. The van der Waals surface area contributed by atoms with Crippen LogP contribution in [0.3, 0.4) is 0 Å². The van der Waals surface area contributed by atoms with Gasteiger partial charge >= 0.3 is 5.97 Å². The van der Waals surface area contributed by atoms with E-state index >= 15 is 0 Å². The first-order chi connectivity index (χ1) is 14.9. The smallest absolute Gasteiger partial charge is 0.315 e. The molecule has 0 aliphatic rings. The van der Waals surface area contributed by atoms with Gasteiger partial charge in [-0.05, 0) is 53.9 Å². The molecule has 2 unspecified atom stereocenters. The summed E-state index contributed by atoms with van der Waals surface area (Å²) in [4.78, 5) is 13.0. The lowest BCUT2D eigenvalue weighted by molar-refractivity contribution is -0.150. The SMILES string of the molecule is CC(C)C(C(=O)OC(C#N)c1cccc(Oc2cccc(Br)c2)c1)c1ccc(Cl)cc1. The Morgan fingerprint density at radius 3 is 2.23 bits per heavy atom. The van der Waals surface area contributed by atoms with Crippen molar-refractivity contribution in [1.29, 1.82) is 5.26 Å². The molecule has 3 aromatic carbocycles. The number of halogens is 2. The van der Waals surface area contributed by atoms with Crippen LogP contribution in [0.2, 0.25) is 5.02 Å². The molecular weight excluding hydrogens is 478 g/mol. The Balaban J connectivity index is 1.79. The summed E-state index contributed by atoms with van der Waals surface area (Å²) >= 11 is 9.38. The third-order valence-electron chi connectivity index (χ3n) is 4.69. The number of rotatable bonds is 7. The zero-order valence-corrected chi connectivity index (χ0v) is 19.4. The maximum atomic E-state index is 13.0. The minimum atomic E-state index is -1.05. The van der Waals surface area contributed by atoms with E-state index in [1.165, 1.54) is 0 Å². The molecule has 0 saturated heterocycles. The summed E-state index contributed by atoms with van der Waals surface area (Å²) in [6.45, 7) is 3.88. The lowest BCUT2D eigenvalue weighted by Gasteiger charge is -2.22. The predicted octanol–water partition coefficient (Wildman–Crippen LogP) is 7.44. The largest absolute Gasteiger partial charge is 0.457 e. The highest BCUT2D eigenvalue weighted by atomic mass is 79.9. The number of benzene rings is 3. The van der Waals surface area contributed by atoms with E-state index in [0.29, 0.717) is 22.1 Å². The van der Waals surface area contributed by atoms with Gasteiger partial charge in [0.1, 0.15) is 17.6 Å². The second kappa shape index (κ2) is 10.5. The van der Waals surface area contributed by atoms with E-state index in [1.807, 2.05) is 50.2 Å². The Hall–Kier alpha value is -2.81. The van der Waals surface area contributed by atoms with Gasteiger partial charge in [0, 0.05) is 15.1 Å². The van der Waals surface area contributed by atoms with Crippen LogP contribution in [0.25, 0.3) is 0 Å². The summed E-state index contributed by atoms with van der Waals surface area (Å²) in [7, 11) is 0. The van der Waals surface area contributed by atoms with Crippen molar-refractivity contribution in [3.8, 4) is 17.6 Å². The summed E-state index contributed by atoms with van der Waals surface area (Å²) in [6, 6.07) is 23.6. The van der Waals surface area contributed by atoms with Crippen LogP contribution in [0.5, 0.6) is 11.5 Å². The van der Waals surface area contributed by atoms with E-state index in [4.69, 9.17) is 21.1 Å². The molecule has 0 N–H and O–H groups in total. The number of carbonyl (C=O) groups excluding carboxylic acids is 1. The molecule has 0 spiro atoms. The van der Waals surface area contributed by atoms with Gasteiger partial charge in [-0.3, -0.25) is 4.79 Å². The van der Waals surface area contributed by atoms with Crippen LogP contribution in [0.1, 0.15) is 37.0 Å². The van der Waals surface area contributed by atoms with E-state index in [2.05, 4.69) is 22.0 Å². The lowest BCUT2D eigenvalue weighted by atomic mass is 9.88. The molecule has 4 nitrogen and oxygen atoms in total. The van der Waals surface area contributed by atoms with Crippen LogP contribution in [-0.2, 0) is 9.53 Å². The van der Waals surface area contributed by atoms with Gasteiger partial charge in [-0.1, -0.05) is 71.7 Å². The van der Waals surface area contributed by atoms with Crippen molar-refractivity contribution in [2.24, 2.45) is 5.92 Å². The van der Waals surface area contributed by atoms with E-state index in [-0.39, 0.29) is 5.92 Å². The normalized spacial score (nSPS) is 12.6. The Labute approximate surface area is 195 Å². The summed E-state index contributed by atoms with van der Waals surface area (Å²) in [5, 5.41) is 10.3. The average Bonchev–Trinajstić information content (AvgIpc) is 2.73. The van der Waals surface area contributed by atoms with Crippen LogP contribution in [-0.4, -0.2) is 5.97 Å². The first kappa shape index (κ1) is 22.9. The van der Waals surface area contributed by atoms with Crippen LogP contribution in [0.15, 0.2) is 77.3 Å². The standard InChI is InChI=1S/C25H21BrClNO3/c1-16(2)24(17-9-11-20(27)12-10-17)25(29)31-23(15-28)18-5-3-7-21(13-18)30-22-8-4-6-19(26)14-22/h3-14,16,23-24H,1-2H3. The third kappa shape index (κ3) is 6.10. The molecule has 0 bridgehead atoms. The maximum absolute atomic E-state index is 13.0. The number of ether oxygens (including phenoxy) is 2. The first-order valence-electron chi connectivity index (χ1n) is 9.76. The zero-order chi connectivity index (χ0) is 22.4. The molecule has 3 aromatic rings. The van der Waals surface area contributed by atoms with E-state index in [1.54, 1.807) is 36.4 Å². The fourth-order valence-corrected chi connectivity index (χ4v) is 3.73. The number of nitriles is 1. The Kier molecular flexibility index (Phi) is 7.73. The van der Waals surface area contributed by atoms with Gasteiger partial charge in [-0.2, -0.15) is 5.26 Å². The summed E-state index contributed by atoms with van der Waals surface area (Å²) < 4.78 is 12.4. The fourth-order valence-electron chi connectivity index (χ4n) is 3.23. The highest BCUT2D eigenvalue weighted by molar-refractivity contribution is 9.10. The number of nitrogens with zero attached hydrogens (tertiary/aromatic N) is 1. The molecule has 0 saturated carbocycles. The highest BCUT2D eigenvalue weighted by Crippen LogP contribution is 2.31. The summed E-state index contributed by atoms with van der Waals surface area (Å²) in [5.74, 6) is 0.222. The molecule has 0 heterocycles. The maximum Gasteiger partial charge on any atom is 0.315 e.